The van der Waals surface area contributed by atoms with Gasteiger partial charge in [-0.25, -0.2) is 0 Å². The first-order valence-electron chi connectivity index (χ1n) is 8.65. The maximum Gasteiger partial charge on any atom is 0.313 e. The van der Waals surface area contributed by atoms with Crippen molar-refractivity contribution in [2.75, 3.05) is 11.9 Å². The molecule has 6 heteroatoms. The van der Waals surface area contributed by atoms with Crippen LogP contribution >= 0.6 is 11.6 Å². The van der Waals surface area contributed by atoms with Gasteiger partial charge >= 0.3 is 11.8 Å². The van der Waals surface area contributed by atoms with Gasteiger partial charge in [0.1, 0.15) is 5.75 Å². The Kier molecular flexibility index (Phi) is 7.96. The van der Waals surface area contributed by atoms with Gasteiger partial charge in [-0.05, 0) is 42.3 Å². The van der Waals surface area contributed by atoms with Crippen LogP contribution in [0.3, 0.4) is 0 Å². The highest BCUT2D eigenvalue weighted by atomic mass is 35.5. The molecule has 2 rings (SSSR count). The summed E-state index contributed by atoms with van der Waals surface area (Å²) in [7, 11) is 0. The number of hydrogen-bond acceptors (Lipinski definition) is 3. The minimum Gasteiger partial charge on any atom is -0.494 e. The largest absolute Gasteiger partial charge is 0.494 e. The smallest absolute Gasteiger partial charge is 0.313 e. The Morgan fingerprint density at radius 1 is 1.00 bits per heavy atom. The van der Waals surface area contributed by atoms with Gasteiger partial charge in [-0.15, -0.1) is 0 Å². The van der Waals surface area contributed by atoms with Gasteiger partial charge < -0.3 is 15.4 Å². The topological polar surface area (TPSA) is 67.4 Å². The third kappa shape index (κ3) is 6.41. The minimum absolute atomic E-state index is 0.191. The van der Waals surface area contributed by atoms with Crippen molar-refractivity contribution in [2.45, 2.75) is 32.7 Å². The van der Waals surface area contributed by atoms with Gasteiger partial charge in [0, 0.05) is 17.3 Å². The molecule has 26 heavy (non-hydrogen) atoms. The number of carbonyl (C=O) groups is 2. The molecule has 0 heterocycles. The van der Waals surface area contributed by atoms with Crippen LogP contribution in [0.2, 0.25) is 5.02 Å². The zero-order chi connectivity index (χ0) is 18.8. The third-order valence-corrected chi connectivity index (χ3v) is 4.10. The van der Waals surface area contributed by atoms with Crippen molar-refractivity contribution in [3.8, 4) is 5.75 Å². The second-order valence-corrected chi connectivity index (χ2v) is 6.22. The van der Waals surface area contributed by atoms with Crippen LogP contribution in [0, 0.1) is 0 Å². The van der Waals surface area contributed by atoms with Crippen molar-refractivity contribution in [1.29, 1.82) is 0 Å². The van der Waals surface area contributed by atoms with Crippen LogP contribution < -0.4 is 15.4 Å². The van der Waals surface area contributed by atoms with Crippen molar-refractivity contribution >= 4 is 29.1 Å². The lowest BCUT2D eigenvalue weighted by Crippen LogP contribution is -2.35. The molecule has 0 fully saturated rings. The highest BCUT2D eigenvalue weighted by molar-refractivity contribution is 6.39. The molecule has 0 aliphatic rings. The maximum atomic E-state index is 12.0. The molecule has 0 atom stereocenters. The molecule has 0 spiro atoms. The molecule has 0 saturated heterocycles. The summed E-state index contributed by atoms with van der Waals surface area (Å²) in [6.45, 7) is 3.00. The van der Waals surface area contributed by atoms with Crippen molar-refractivity contribution in [1.82, 2.24) is 5.32 Å². The van der Waals surface area contributed by atoms with Crippen molar-refractivity contribution in [2.24, 2.45) is 0 Å². The fourth-order valence-corrected chi connectivity index (χ4v) is 2.46. The monoisotopic (exact) mass is 374 g/mol. The number of nitrogens with one attached hydrogen (secondary N) is 2. The van der Waals surface area contributed by atoms with Gasteiger partial charge in [-0.1, -0.05) is 49.6 Å². The van der Waals surface area contributed by atoms with E-state index < -0.39 is 11.8 Å². The van der Waals surface area contributed by atoms with Gasteiger partial charge in [-0.2, -0.15) is 0 Å². The number of anilines is 1. The summed E-state index contributed by atoms with van der Waals surface area (Å²) in [5, 5.41) is 5.65. The number of hydrogen-bond donors (Lipinski definition) is 2. The first kappa shape index (κ1) is 19.8. The molecule has 5 nitrogen and oxygen atoms in total. The second-order valence-electron chi connectivity index (χ2n) is 5.81. The molecular formula is C20H23ClN2O3. The summed E-state index contributed by atoms with van der Waals surface area (Å²) in [4.78, 5) is 23.9. The Morgan fingerprint density at radius 3 is 2.42 bits per heavy atom. The lowest BCUT2D eigenvalue weighted by molar-refractivity contribution is -0.136. The molecule has 2 amide bonds. The first-order valence-corrected chi connectivity index (χ1v) is 9.03. The lowest BCUT2D eigenvalue weighted by Gasteiger charge is -2.09. The Bertz CT molecular complexity index is 732. The highest BCUT2D eigenvalue weighted by Gasteiger charge is 2.14. The van der Waals surface area contributed by atoms with E-state index >= 15 is 0 Å². The van der Waals surface area contributed by atoms with E-state index in [1.165, 1.54) is 0 Å². The average molecular weight is 375 g/mol. The quantitative estimate of drug-likeness (QED) is 0.538. The highest BCUT2D eigenvalue weighted by Crippen LogP contribution is 2.16. The standard InChI is InChI=1S/C20H23ClN2O3/c1-2-3-6-13-26-17-11-9-16(10-12-17)23-20(25)19(24)22-14-15-7-4-5-8-18(15)21/h4-5,7-12H,2-3,6,13-14H2,1H3,(H,22,24)(H,23,25). The molecule has 0 saturated carbocycles. The third-order valence-electron chi connectivity index (χ3n) is 3.73. The van der Waals surface area contributed by atoms with E-state index in [2.05, 4.69) is 17.6 Å². The van der Waals surface area contributed by atoms with E-state index in [-0.39, 0.29) is 6.54 Å². The van der Waals surface area contributed by atoms with Gasteiger partial charge in [0.2, 0.25) is 0 Å². The zero-order valence-corrected chi connectivity index (χ0v) is 15.5. The Balaban J connectivity index is 1.79. The molecule has 2 aromatic carbocycles. The summed E-state index contributed by atoms with van der Waals surface area (Å²) in [5.74, 6) is -0.708. The zero-order valence-electron chi connectivity index (χ0n) is 14.8. The number of unbranched alkanes of at least 4 members (excludes halogenated alkanes) is 2. The summed E-state index contributed by atoms with van der Waals surface area (Å²) >= 11 is 6.02. The van der Waals surface area contributed by atoms with Crippen LogP contribution in [0.5, 0.6) is 5.75 Å². The lowest BCUT2D eigenvalue weighted by atomic mass is 10.2. The van der Waals surface area contributed by atoms with E-state index in [9.17, 15) is 9.59 Å². The van der Waals surface area contributed by atoms with Gasteiger partial charge in [0.25, 0.3) is 0 Å². The van der Waals surface area contributed by atoms with Crippen LogP contribution in [0.1, 0.15) is 31.7 Å². The summed E-state index contributed by atoms with van der Waals surface area (Å²) in [6, 6.07) is 14.1. The summed E-state index contributed by atoms with van der Waals surface area (Å²) in [6.07, 6.45) is 3.30. The summed E-state index contributed by atoms with van der Waals surface area (Å²) < 4.78 is 5.61. The number of amides is 2. The van der Waals surface area contributed by atoms with E-state index in [1.54, 1.807) is 42.5 Å². The van der Waals surface area contributed by atoms with Crippen LogP contribution in [0.15, 0.2) is 48.5 Å². The van der Waals surface area contributed by atoms with Crippen LogP contribution in [0.4, 0.5) is 5.69 Å². The maximum absolute atomic E-state index is 12.0. The normalized spacial score (nSPS) is 10.2. The Labute approximate surface area is 158 Å². The molecule has 0 bridgehead atoms. The number of benzene rings is 2. The fraction of sp³-hybridized carbons (Fsp3) is 0.300. The number of halogens is 1. The van der Waals surface area contributed by atoms with E-state index in [4.69, 9.17) is 16.3 Å². The SMILES string of the molecule is CCCCCOc1ccc(NC(=O)C(=O)NCc2ccccc2Cl)cc1. The van der Waals surface area contributed by atoms with Crippen molar-refractivity contribution in [3.05, 3.63) is 59.1 Å². The van der Waals surface area contributed by atoms with Crippen molar-refractivity contribution in [3.63, 3.8) is 0 Å². The van der Waals surface area contributed by atoms with Gasteiger partial charge in [0.05, 0.1) is 6.61 Å². The van der Waals surface area contributed by atoms with Gasteiger partial charge in [-0.3, -0.25) is 9.59 Å². The Hall–Kier alpha value is -2.53. The fourth-order valence-electron chi connectivity index (χ4n) is 2.26. The molecular weight excluding hydrogens is 352 g/mol. The molecule has 0 aliphatic carbocycles. The van der Waals surface area contributed by atoms with Crippen LogP contribution in [0.25, 0.3) is 0 Å². The first-order chi connectivity index (χ1) is 12.6. The predicted octanol–water partition coefficient (Wildman–Crippen LogP) is 4.16. The van der Waals surface area contributed by atoms with Crippen molar-refractivity contribution < 1.29 is 14.3 Å². The van der Waals surface area contributed by atoms with Gasteiger partial charge in [0.15, 0.2) is 0 Å². The molecule has 0 radical (unpaired) electrons. The molecule has 2 N–H and O–H groups in total. The molecule has 0 aromatic heterocycles. The molecule has 138 valence electrons. The van der Waals surface area contributed by atoms with E-state index in [0.717, 1.165) is 30.6 Å². The second kappa shape index (κ2) is 10.5. The number of rotatable bonds is 8. The molecule has 2 aromatic rings. The van der Waals surface area contributed by atoms with E-state index in [0.29, 0.717) is 17.3 Å². The molecule has 0 aliphatic heterocycles. The molecule has 0 unspecified atom stereocenters. The van der Waals surface area contributed by atoms with Crippen LogP contribution in [-0.2, 0) is 16.1 Å². The predicted molar refractivity (Wildman–Crippen MR) is 103 cm³/mol. The van der Waals surface area contributed by atoms with Crippen LogP contribution in [-0.4, -0.2) is 18.4 Å². The summed E-state index contributed by atoms with van der Waals surface area (Å²) in [5.41, 5.74) is 1.28. The Morgan fingerprint density at radius 2 is 1.73 bits per heavy atom. The minimum atomic E-state index is -0.728. The van der Waals surface area contributed by atoms with E-state index in [1.807, 2.05) is 6.07 Å². The average Bonchev–Trinajstić information content (AvgIpc) is 2.65. The number of ether oxygens (including phenoxy) is 1. The number of carbonyl (C=O) groups excluding carboxylic acids is 2.